The highest BCUT2D eigenvalue weighted by molar-refractivity contribution is 5.80. The van der Waals surface area contributed by atoms with Crippen LogP contribution in [-0.4, -0.2) is 65.8 Å². The van der Waals surface area contributed by atoms with E-state index >= 15 is 0 Å². The van der Waals surface area contributed by atoms with Gasteiger partial charge in [-0.1, -0.05) is 6.92 Å². The van der Waals surface area contributed by atoms with Gasteiger partial charge in [0.2, 0.25) is 0 Å². The van der Waals surface area contributed by atoms with Gasteiger partial charge in [0.15, 0.2) is 0 Å². The van der Waals surface area contributed by atoms with E-state index in [2.05, 4.69) is 0 Å². The number of ether oxygens (including phenoxy) is 1. The van der Waals surface area contributed by atoms with Crippen molar-refractivity contribution in [2.45, 2.75) is 26.4 Å². The van der Waals surface area contributed by atoms with Crippen LogP contribution in [0.25, 0.3) is 0 Å². The summed E-state index contributed by atoms with van der Waals surface area (Å²) in [5.41, 5.74) is 0. The SMILES string of the molecule is CCCN(CC(=O)O)C(=O)N1CCOC(C)C1. The number of morpholine rings is 1. The third-order valence-corrected chi connectivity index (χ3v) is 2.60. The Balaban J connectivity index is 2.59. The molecular weight excluding hydrogens is 224 g/mol. The molecule has 1 fully saturated rings. The van der Waals surface area contributed by atoms with E-state index in [1.165, 1.54) is 4.90 Å². The van der Waals surface area contributed by atoms with E-state index in [9.17, 15) is 9.59 Å². The lowest BCUT2D eigenvalue weighted by molar-refractivity contribution is -0.137. The van der Waals surface area contributed by atoms with Gasteiger partial charge in [-0.2, -0.15) is 0 Å². The van der Waals surface area contributed by atoms with Gasteiger partial charge in [0.1, 0.15) is 6.54 Å². The van der Waals surface area contributed by atoms with Crippen LogP contribution in [0.4, 0.5) is 4.79 Å². The molecule has 0 aromatic heterocycles. The molecule has 0 aromatic rings. The summed E-state index contributed by atoms with van der Waals surface area (Å²) >= 11 is 0. The van der Waals surface area contributed by atoms with Crippen LogP contribution in [0.1, 0.15) is 20.3 Å². The van der Waals surface area contributed by atoms with E-state index in [1.54, 1.807) is 4.90 Å². The van der Waals surface area contributed by atoms with E-state index in [4.69, 9.17) is 9.84 Å². The predicted octanol–water partition coefficient (Wildman–Crippen LogP) is 0.624. The van der Waals surface area contributed by atoms with Gasteiger partial charge in [-0.25, -0.2) is 4.79 Å². The smallest absolute Gasteiger partial charge is 0.323 e. The molecule has 0 aliphatic carbocycles. The van der Waals surface area contributed by atoms with Crippen LogP contribution < -0.4 is 0 Å². The number of hydrogen-bond donors (Lipinski definition) is 1. The van der Waals surface area contributed by atoms with Crippen LogP contribution in [-0.2, 0) is 9.53 Å². The zero-order valence-corrected chi connectivity index (χ0v) is 10.4. The maximum atomic E-state index is 12.1. The number of nitrogens with zero attached hydrogens (tertiary/aromatic N) is 2. The lowest BCUT2D eigenvalue weighted by Crippen LogP contribution is -2.51. The first kappa shape index (κ1) is 13.8. The number of carbonyl (C=O) groups excluding carboxylic acids is 1. The standard InChI is InChI=1S/C11H20N2O4/c1-3-4-12(8-10(14)15)11(16)13-5-6-17-9(2)7-13/h9H,3-8H2,1-2H3,(H,14,15). The highest BCUT2D eigenvalue weighted by Crippen LogP contribution is 2.08. The van der Waals surface area contributed by atoms with Gasteiger partial charge in [0, 0.05) is 19.6 Å². The molecule has 1 atom stereocenters. The number of hydrogen-bond acceptors (Lipinski definition) is 3. The Hall–Kier alpha value is -1.30. The summed E-state index contributed by atoms with van der Waals surface area (Å²) in [5.74, 6) is -0.979. The Kier molecular flexibility index (Phi) is 5.21. The third kappa shape index (κ3) is 4.22. The van der Waals surface area contributed by atoms with Crippen molar-refractivity contribution in [1.82, 2.24) is 9.80 Å². The molecule has 1 rings (SSSR count). The van der Waals surface area contributed by atoms with Crippen molar-refractivity contribution in [3.8, 4) is 0 Å². The van der Waals surface area contributed by atoms with E-state index in [0.29, 0.717) is 26.2 Å². The van der Waals surface area contributed by atoms with Crippen molar-refractivity contribution in [3.63, 3.8) is 0 Å². The summed E-state index contributed by atoms with van der Waals surface area (Å²) in [4.78, 5) is 25.8. The van der Waals surface area contributed by atoms with Crippen LogP contribution in [0.2, 0.25) is 0 Å². The van der Waals surface area contributed by atoms with Crippen molar-refractivity contribution in [2.24, 2.45) is 0 Å². The normalized spacial score (nSPS) is 20.1. The minimum atomic E-state index is -0.979. The molecule has 0 radical (unpaired) electrons. The minimum Gasteiger partial charge on any atom is -0.480 e. The molecule has 6 nitrogen and oxygen atoms in total. The van der Waals surface area contributed by atoms with Crippen LogP contribution in [0.15, 0.2) is 0 Å². The van der Waals surface area contributed by atoms with Gasteiger partial charge in [0.05, 0.1) is 12.7 Å². The Morgan fingerprint density at radius 1 is 1.53 bits per heavy atom. The highest BCUT2D eigenvalue weighted by atomic mass is 16.5. The average molecular weight is 244 g/mol. The molecule has 1 aliphatic heterocycles. The summed E-state index contributed by atoms with van der Waals surface area (Å²) in [5, 5.41) is 8.77. The van der Waals surface area contributed by atoms with Crippen molar-refractivity contribution in [3.05, 3.63) is 0 Å². The average Bonchev–Trinajstić information content (AvgIpc) is 2.27. The molecule has 1 saturated heterocycles. The largest absolute Gasteiger partial charge is 0.480 e. The Labute approximate surface area is 101 Å². The van der Waals surface area contributed by atoms with Gasteiger partial charge in [-0.05, 0) is 13.3 Å². The summed E-state index contributed by atoms with van der Waals surface area (Å²) < 4.78 is 5.35. The van der Waals surface area contributed by atoms with E-state index in [0.717, 1.165) is 6.42 Å². The number of aliphatic carboxylic acids is 1. The molecule has 0 bridgehead atoms. The van der Waals surface area contributed by atoms with Gasteiger partial charge in [-0.3, -0.25) is 4.79 Å². The zero-order chi connectivity index (χ0) is 12.8. The summed E-state index contributed by atoms with van der Waals surface area (Å²) in [6, 6.07) is -0.204. The molecule has 0 aromatic carbocycles. The van der Waals surface area contributed by atoms with Crippen molar-refractivity contribution in [2.75, 3.05) is 32.8 Å². The second-order valence-electron chi connectivity index (χ2n) is 4.23. The van der Waals surface area contributed by atoms with E-state index in [1.807, 2.05) is 13.8 Å². The second-order valence-corrected chi connectivity index (χ2v) is 4.23. The second kappa shape index (κ2) is 6.44. The Morgan fingerprint density at radius 2 is 2.24 bits per heavy atom. The van der Waals surface area contributed by atoms with Gasteiger partial charge >= 0.3 is 12.0 Å². The van der Waals surface area contributed by atoms with Crippen LogP contribution in [0.3, 0.4) is 0 Å². The van der Waals surface area contributed by atoms with Gasteiger partial charge in [-0.15, -0.1) is 0 Å². The maximum Gasteiger partial charge on any atom is 0.323 e. The lowest BCUT2D eigenvalue weighted by atomic mass is 10.3. The summed E-state index contributed by atoms with van der Waals surface area (Å²) in [6.07, 6.45) is 0.764. The Bertz CT molecular complexity index is 283. The van der Waals surface area contributed by atoms with E-state index < -0.39 is 5.97 Å². The molecular formula is C11H20N2O4. The molecule has 1 unspecified atom stereocenters. The van der Waals surface area contributed by atoms with Crippen LogP contribution in [0, 0.1) is 0 Å². The predicted molar refractivity (Wildman–Crippen MR) is 61.9 cm³/mol. The number of carbonyl (C=O) groups is 2. The molecule has 17 heavy (non-hydrogen) atoms. The first-order valence-corrected chi connectivity index (χ1v) is 5.91. The molecule has 1 heterocycles. The van der Waals surface area contributed by atoms with Crippen molar-refractivity contribution in [1.29, 1.82) is 0 Å². The van der Waals surface area contributed by atoms with Crippen LogP contribution >= 0.6 is 0 Å². The zero-order valence-electron chi connectivity index (χ0n) is 10.4. The third-order valence-electron chi connectivity index (χ3n) is 2.60. The molecule has 0 saturated carbocycles. The number of rotatable bonds is 4. The minimum absolute atomic E-state index is 0.0148. The van der Waals surface area contributed by atoms with Gasteiger partial charge < -0.3 is 19.6 Å². The monoisotopic (exact) mass is 244 g/mol. The molecule has 1 N–H and O–H groups in total. The lowest BCUT2D eigenvalue weighted by Gasteiger charge is -2.34. The summed E-state index contributed by atoms with van der Waals surface area (Å²) in [7, 11) is 0. The van der Waals surface area contributed by atoms with Crippen LogP contribution in [0.5, 0.6) is 0 Å². The highest BCUT2D eigenvalue weighted by Gasteiger charge is 2.26. The fraction of sp³-hybridized carbons (Fsp3) is 0.818. The van der Waals surface area contributed by atoms with Gasteiger partial charge in [0.25, 0.3) is 0 Å². The molecule has 2 amide bonds. The fourth-order valence-electron chi connectivity index (χ4n) is 1.87. The Morgan fingerprint density at radius 3 is 2.76 bits per heavy atom. The maximum absolute atomic E-state index is 12.1. The number of urea groups is 1. The molecule has 6 heteroatoms. The number of carboxylic acid groups (broad SMARTS) is 1. The first-order chi connectivity index (χ1) is 8.04. The fourth-order valence-corrected chi connectivity index (χ4v) is 1.87. The van der Waals surface area contributed by atoms with Crippen molar-refractivity contribution >= 4 is 12.0 Å². The molecule has 98 valence electrons. The molecule has 0 spiro atoms. The van der Waals surface area contributed by atoms with Crippen molar-refractivity contribution < 1.29 is 19.4 Å². The van der Waals surface area contributed by atoms with E-state index in [-0.39, 0.29) is 18.7 Å². The number of carboxylic acids is 1. The summed E-state index contributed by atoms with van der Waals surface area (Å²) in [6.45, 7) is 5.63. The number of amides is 2. The molecule has 1 aliphatic rings. The topological polar surface area (TPSA) is 70.1 Å². The first-order valence-electron chi connectivity index (χ1n) is 5.91. The quantitative estimate of drug-likeness (QED) is 0.787.